The van der Waals surface area contributed by atoms with Crippen LogP contribution in [-0.4, -0.2) is 23.0 Å². The van der Waals surface area contributed by atoms with Crippen molar-refractivity contribution in [3.8, 4) is 0 Å². The van der Waals surface area contributed by atoms with E-state index in [9.17, 15) is 4.79 Å². The largest absolute Gasteiger partial charge is 0.469 e. The predicted molar refractivity (Wildman–Crippen MR) is 73.9 cm³/mol. The molecule has 0 fully saturated rings. The molecule has 0 radical (unpaired) electrons. The van der Waals surface area contributed by atoms with Crippen molar-refractivity contribution in [1.82, 2.24) is 15.3 Å². The number of nitrogens with one attached hydrogen (secondary N) is 2. The zero-order valence-corrected chi connectivity index (χ0v) is 11.8. The fraction of sp³-hybridized carbons (Fsp3) is 0.385. The Labute approximate surface area is 116 Å². The lowest BCUT2D eigenvalue weighted by Gasteiger charge is -2.09. The van der Waals surface area contributed by atoms with E-state index in [4.69, 9.17) is 0 Å². The third kappa shape index (κ3) is 3.90. The maximum absolute atomic E-state index is 11.2. The molecule has 0 aliphatic heterocycles. The highest BCUT2D eigenvalue weighted by Gasteiger charge is 2.09. The number of H-pyrrole nitrogens is 1. The van der Waals surface area contributed by atoms with Crippen LogP contribution in [-0.2, 0) is 22.5 Å². The van der Waals surface area contributed by atoms with Crippen molar-refractivity contribution in [2.24, 2.45) is 0 Å². The normalized spacial score (nSPS) is 12.3. The van der Waals surface area contributed by atoms with E-state index in [1.807, 2.05) is 18.3 Å². The molecular weight excluding hydrogens is 262 g/mol. The second-order valence-electron chi connectivity index (χ2n) is 4.20. The zero-order chi connectivity index (χ0) is 13.7. The molecule has 0 amide bonds. The van der Waals surface area contributed by atoms with E-state index >= 15 is 0 Å². The third-order valence-corrected chi connectivity index (χ3v) is 3.86. The molecule has 102 valence electrons. The van der Waals surface area contributed by atoms with Crippen LogP contribution in [0, 0.1) is 0 Å². The number of hydrogen-bond donors (Lipinski definition) is 2. The number of esters is 1. The summed E-state index contributed by atoms with van der Waals surface area (Å²) in [6.45, 7) is 2.81. The van der Waals surface area contributed by atoms with E-state index in [1.165, 1.54) is 12.0 Å². The molecule has 2 N–H and O–H groups in total. The molecule has 0 spiro atoms. The fourth-order valence-corrected chi connectivity index (χ4v) is 2.65. The van der Waals surface area contributed by atoms with Crippen LogP contribution in [0.3, 0.4) is 0 Å². The number of rotatable bonds is 6. The Morgan fingerprint density at radius 3 is 3.00 bits per heavy atom. The van der Waals surface area contributed by atoms with Gasteiger partial charge >= 0.3 is 5.97 Å². The molecule has 2 aromatic rings. The lowest BCUT2D eigenvalue weighted by atomic mass is 10.3. The van der Waals surface area contributed by atoms with Gasteiger partial charge in [0.15, 0.2) is 0 Å². The van der Waals surface area contributed by atoms with Crippen molar-refractivity contribution in [1.29, 1.82) is 0 Å². The van der Waals surface area contributed by atoms with E-state index in [2.05, 4.69) is 26.9 Å². The van der Waals surface area contributed by atoms with E-state index in [1.54, 1.807) is 17.5 Å². The van der Waals surface area contributed by atoms with Gasteiger partial charge in [0.1, 0.15) is 5.82 Å². The maximum Gasteiger partial charge on any atom is 0.310 e. The number of aromatic amines is 1. The van der Waals surface area contributed by atoms with Crippen molar-refractivity contribution in [3.63, 3.8) is 0 Å². The number of nitrogens with zero attached hydrogens (tertiary/aromatic N) is 1. The minimum Gasteiger partial charge on any atom is -0.469 e. The van der Waals surface area contributed by atoms with Gasteiger partial charge in [0, 0.05) is 28.7 Å². The second kappa shape index (κ2) is 6.49. The lowest BCUT2D eigenvalue weighted by Crippen LogP contribution is -2.18. The molecular formula is C13H17N3O2S. The molecule has 0 saturated carbocycles. The van der Waals surface area contributed by atoms with Gasteiger partial charge in [0.25, 0.3) is 0 Å². The van der Waals surface area contributed by atoms with Gasteiger partial charge in [-0.2, -0.15) is 0 Å². The summed E-state index contributed by atoms with van der Waals surface area (Å²) < 4.78 is 4.65. The molecule has 6 heteroatoms. The topological polar surface area (TPSA) is 67.0 Å². The molecule has 0 aliphatic rings. The van der Waals surface area contributed by atoms with E-state index in [-0.39, 0.29) is 12.0 Å². The molecule has 2 aromatic heterocycles. The number of methoxy groups -OCH3 is 1. The number of imidazole rings is 1. The van der Waals surface area contributed by atoms with Crippen LogP contribution in [0.2, 0.25) is 0 Å². The summed E-state index contributed by atoms with van der Waals surface area (Å²) in [7, 11) is 1.41. The number of ether oxygens (including phenoxy) is 1. The summed E-state index contributed by atoms with van der Waals surface area (Å²) in [5, 5.41) is 3.38. The molecule has 0 bridgehead atoms. The molecule has 19 heavy (non-hydrogen) atoms. The Bertz CT molecular complexity index is 522. The molecule has 2 rings (SSSR count). The van der Waals surface area contributed by atoms with Crippen LogP contribution < -0.4 is 5.32 Å². The van der Waals surface area contributed by atoms with Crippen LogP contribution in [0.4, 0.5) is 0 Å². The molecule has 1 atom stereocenters. The first kappa shape index (κ1) is 13.8. The van der Waals surface area contributed by atoms with Crippen molar-refractivity contribution >= 4 is 17.3 Å². The number of aromatic nitrogens is 2. The van der Waals surface area contributed by atoms with Gasteiger partial charge in [0.2, 0.25) is 0 Å². The standard InChI is InChI=1S/C13H17N3O2S/c1-9(13-14-5-6-15-13)16-8-11-4-3-10(19-11)7-12(17)18-2/h3-6,9,16H,7-8H2,1-2H3,(H,14,15). The summed E-state index contributed by atoms with van der Waals surface area (Å²) in [5.41, 5.74) is 0. The smallest absolute Gasteiger partial charge is 0.310 e. The SMILES string of the molecule is COC(=O)Cc1ccc(CNC(C)c2ncc[nH]2)s1. The van der Waals surface area contributed by atoms with Crippen LogP contribution in [0.15, 0.2) is 24.5 Å². The van der Waals surface area contributed by atoms with E-state index in [0.29, 0.717) is 6.42 Å². The molecule has 0 aliphatic carbocycles. The van der Waals surface area contributed by atoms with Gasteiger partial charge in [-0.15, -0.1) is 11.3 Å². The Morgan fingerprint density at radius 1 is 1.53 bits per heavy atom. The monoisotopic (exact) mass is 279 g/mol. The lowest BCUT2D eigenvalue weighted by molar-refractivity contribution is -0.139. The third-order valence-electron chi connectivity index (χ3n) is 2.78. The van der Waals surface area contributed by atoms with Gasteiger partial charge in [-0.3, -0.25) is 4.79 Å². The zero-order valence-electron chi connectivity index (χ0n) is 11.0. The van der Waals surface area contributed by atoms with Crippen molar-refractivity contribution in [2.75, 3.05) is 7.11 Å². The van der Waals surface area contributed by atoms with Crippen LogP contribution in [0.1, 0.15) is 28.5 Å². The van der Waals surface area contributed by atoms with Gasteiger partial charge in [-0.25, -0.2) is 4.98 Å². The summed E-state index contributed by atoms with van der Waals surface area (Å²) in [6, 6.07) is 4.17. The van der Waals surface area contributed by atoms with Crippen molar-refractivity contribution in [3.05, 3.63) is 40.1 Å². The number of thiophene rings is 1. The first-order chi connectivity index (χ1) is 9.19. The first-order valence-corrected chi connectivity index (χ1v) is 6.87. The van der Waals surface area contributed by atoms with Crippen LogP contribution in [0.25, 0.3) is 0 Å². The van der Waals surface area contributed by atoms with Crippen LogP contribution in [0.5, 0.6) is 0 Å². The van der Waals surface area contributed by atoms with Gasteiger partial charge < -0.3 is 15.0 Å². The fourth-order valence-electron chi connectivity index (χ4n) is 1.69. The maximum atomic E-state index is 11.2. The Kier molecular flexibility index (Phi) is 4.70. The number of carbonyl (C=O) groups excluding carboxylic acids is 1. The number of carbonyl (C=O) groups is 1. The average Bonchev–Trinajstić information content (AvgIpc) is 3.07. The Morgan fingerprint density at radius 2 is 2.32 bits per heavy atom. The predicted octanol–water partition coefficient (Wildman–Crippen LogP) is 2.04. The van der Waals surface area contributed by atoms with Crippen molar-refractivity contribution < 1.29 is 9.53 Å². The molecule has 5 nitrogen and oxygen atoms in total. The highest BCUT2D eigenvalue weighted by atomic mass is 32.1. The Balaban J connectivity index is 1.85. The summed E-state index contributed by atoms with van der Waals surface area (Å²) in [4.78, 5) is 20.7. The van der Waals surface area contributed by atoms with Gasteiger partial charge in [-0.1, -0.05) is 0 Å². The Hall–Kier alpha value is -1.66. The summed E-state index contributed by atoms with van der Waals surface area (Å²) in [5.74, 6) is 0.719. The van der Waals surface area contributed by atoms with Crippen LogP contribution >= 0.6 is 11.3 Å². The molecule has 1 unspecified atom stereocenters. The van der Waals surface area contributed by atoms with Crippen molar-refractivity contribution in [2.45, 2.75) is 25.9 Å². The minimum atomic E-state index is -0.203. The van der Waals surface area contributed by atoms with Gasteiger partial charge in [0.05, 0.1) is 19.6 Å². The second-order valence-corrected chi connectivity index (χ2v) is 5.45. The highest BCUT2D eigenvalue weighted by Crippen LogP contribution is 2.18. The van der Waals surface area contributed by atoms with Gasteiger partial charge in [-0.05, 0) is 19.1 Å². The molecule has 2 heterocycles. The summed E-state index contributed by atoms with van der Waals surface area (Å²) >= 11 is 1.62. The van der Waals surface area contributed by atoms with E-state index < -0.39 is 0 Å². The quantitative estimate of drug-likeness (QED) is 0.794. The number of hydrogen-bond acceptors (Lipinski definition) is 5. The average molecular weight is 279 g/mol. The minimum absolute atomic E-state index is 0.168. The highest BCUT2D eigenvalue weighted by molar-refractivity contribution is 7.12. The molecule has 0 aromatic carbocycles. The first-order valence-electron chi connectivity index (χ1n) is 6.06. The summed E-state index contributed by atoms with van der Waals surface area (Å²) in [6.07, 6.45) is 3.90. The van der Waals surface area contributed by atoms with E-state index in [0.717, 1.165) is 17.2 Å². The molecule has 0 saturated heterocycles.